The molecular formula is C64H43N. The van der Waals surface area contributed by atoms with Crippen LogP contribution in [0.1, 0.15) is 0 Å². The van der Waals surface area contributed by atoms with Gasteiger partial charge in [-0.2, -0.15) is 0 Å². The maximum Gasteiger partial charge on any atom is 0.0540 e. The van der Waals surface area contributed by atoms with Crippen molar-refractivity contribution in [1.29, 1.82) is 0 Å². The summed E-state index contributed by atoms with van der Waals surface area (Å²) in [6.45, 7) is 0. The summed E-state index contributed by atoms with van der Waals surface area (Å²) in [5.74, 6) is 0. The van der Waals surface area contributed by atoms with E-state index in [-0.39, 0.29) is 0 Å². The maximum absolute atomic E-state index is 2.43. The molecule has 0 aliphatic carbocycles. The predicted octanol–water partition coefficient (Wildman–Crippen LogP) is 18.1. The molecule has 0 unspecified atom stereocenters. The molecule has 0 bridgehead atoms. The number of benzene rings is 12. The number of nitrogens with zero attached hydrogens (tertiary/aromatic N) is 1. The van der Waals surface area contributed by atoms with E-state index in [0.717, 1.165) is 28.2 Å². The lowest BCUT2D eigenvalue weighted by Crippen LogP contribution is -2.11. The number of rotatable bonds is 8. The van der Waals surface area contributed by atoms with Gasteiger partial charge in [-0.05, 0) is 130 Å². The van der Waals surface area contributed by atoms with Crippen LogP contribution >= 0.6 is 0 Å². The first-order valence-electron chi connectivity index (χ1n) is 22.4. The standard InChI is InChI=1S/C64H43N/c1-3-19-48(20-4-1)63-60-29-12-11-28-58(60)59-42-37-50(43-61(59)64(63)49-21-5-2-6-22-49)57-27-13-14-32-62(57)65(51-38-33-46(34-39-51)55-30-15-23-44-17-7-9-25-53(44)55)52-40-35-47(36-41-52)56-31-16-24-45-18-8-10-26-54(45)56/h1-43H. The van der Waals surface area contributed by atoms with Gasteiger partial charge in [0.05, 0.1) is 5.69 Å². The molecule has 0 atom stereocenters. The highest BCUT2D eigenvalue weighted by Crippen LogP contribution is 2.48. The average Bonchev–Trinajstić information content (AvgIpc) is 3.39. The van der Waals surface area contributed by atoms with Crippen LogP contribution < -0.4 is 4.90 Å². The van der Waals surface area contributed by atoms with Crippen molar-refractivity contribution in [1.82, 2.24) is 0 Å². The first-order chi connectivity index (χ1) is 32.3. The molecule has 12 aromatic carbocycles. The SMILES string of the molecule is c1ccc(-c2c(-c3ccccc3)c3cc(-c4ccccc4N(c4ccc(-c5cccc6ccccc56)cc4)c4ccc(-c5cccc6ccccc56)cc4)ccc3c3ccccc23)cc1. The fourth-order valence-corrected chi connectivity index (χ4v) is 10.0. The van der Waals surface area contributed by atoms with Crippen molar-refractivity contribution >= 4 is 60.2 Å². The number of para-hydroxylation sites is 1. The van der Waals surface area contributed by atoms with Crippen LogP contribution in [0, 0.1) is 0 Å². The van der Waals surface area contributed by atoms with Crippen molar-refractivity contribution < 1.29 is 0 Å². The number of hydrogen-bond acceptors (Lipinski definition) is 1. The van der Waals surface area contributed by atoms with Crippen LogP contribution in [0.15, 0.2) is 261 Å². The van der Waals surface area contributed by atoms with Crippen molar-refractivity contribution in [3.05, 3.63) is 261 Å². The van der Waals surface area contributed by atoms with E-state index < -0.39 is 0 Å². The maximum atomic E-state index is 2.43. The molecule has 0 saturated carbocycles. The van der Waals surface area contributed by atoms with Crippen molar-refractivity contribution in [2.45, 2.75) is 0 Å². The van der Waals surface area contributed by atoms with E-state index in [1.54, 1.807) is 0 Å². The summed E-state index contributed by atoms with van der Waals surface area (Å²) >= 11 is 0. The van der Waals surface area contributed by atoms with E-state index in [0.29, 0.717) is 0 Å². The molecule has 0 aromatic heterocycles. The van der Waals surface area contributed by atoms with Gasteiger partial charge in [-0.15, -0.1) is 0 Å². The van der Waals surface area contributed by atoms with Gasteiger partial charge in [-0.1, -0.05) is 224 Å². The first-order valence-corrected chi connectivity index (χ1v) is 22.4. The normalized spacial score (nSPS) is 11.4. The Morgan fingerprint density at radius 1 is 0.215 bits per heavy atom. The second-order valence-corrected chi connectivity index (χ2v) is 16.8. The summed E-state index contributed by atoms with van der Waals surface area (Å²) in [7, 11) is 0. The van der Waals surface area contributed by atoms with E-state index in [4.69, 9.17) is 0 Å². The molecule has 0 N–H and O–H groups in total. The monoisotopic (exact) mass is 825 g/mol. The summed E-state index contributed by atoms with van der Waals surface area (Å²) in [6, 6.07) is 95.3. The largest absolute Gasteiger partial charge is 0.310 e. The van der Waals surface area contributed by atoms with Gasteiger partial charge in [0, 0.05) is 16.9 Å². The van der Waals surface area contributed by atoms with Crippen LogP contribution in [0.25, 0.3) is 98.7 Å². The summed E-state index contributed by atoms with van der Waals surface area (Å²) in [5, 5.41) is 9.96. The summed E-state index contributed by atoms with van der Waals surface area (Å²) in [6.07, 6.45) is 0. The molecule has 0 aliphatic rings. The Morgan fingerprint density at radius 3 is 1.18 bits per heavy atom. The van der Waals surface area contributed by atoms with Crippen LogP contribution in [0.5, 0.6) is 0 Å². The van der Waals surface area contributed by atoms with Gasteiger partial charge in [0.15, 0.2) is 0 Å². The molecule has 0 saturated heterocycles. The summed E-state index contributed by atoms with van der Waals surface area (Å²) in [5.41, 5.74) is 15.3. The average molecular weight is 826 g/mol. The minimum atomic E-state index is 1.09. The van der Waals surface area contributed by atoms with Crippen LogP contribution in [-0.2, 0) is 0 Å². The third kappa shape index (κ3) is 6.82. The molecule has 1 heteroatoms. The zero-order chi connectivity index (χ0) is 43.1. The zero-order valence-electron chi connectivity index (χ0n) is 35.8. The Bertz CT molecular complexity index is 3550. The Hall–Kier alpha value is -8.52. The first kappa shape index (κ1) is 38.2. The fourth-order valence-electron chi connectivity index (χ4n) is 10.0. The third-order valence-electron chi connectivity index (χ3n) is 13.1. The van der Waals surface area contributed by atoms with Gasteiger partial charge >= 0.3 is 0 Å². The van der Waals surface area contributed by atoms with Crippen molar-refractivity contribution in [2.75, 3.05) is 4.90 Å². The van der Waals surface area contributed by atoms with Crippen LogP contribution in [0.2, 0.25) is 0 Å². The second-order valence-electron chi connectivity index (χ2n) is 16.8. The van der Waals surface area contributed by atoms with E-state index in [2.05, 4.69) is 266 Å². The highest BCUT2D eigenvalue weighted by molar-refractivity contribution is 6.22. The Labute approximate surface area is 379 Å². The van der Waals surface area contributed by atoms with E-state index in [9.17, 15) is 0 Å². The fraction of sp³-hybridized carbons (Fsp3) is 0. The minimum Gasteiger partial charge on any atom is -0.310 e. The third-order valence-corrected chi connectivity index (χ3v) is 13.1. The van der Waals surface area contributed by atoms with Gasteiger partial charge in [0.2, 0.25) is 0 Å². The Balaban J connectivity index is 1.06. The lowest BCUT2D eigenvalue weighted by molar-refractivity contribution is 1.28. The van der Waals surface area contributed by atoms with Gasteiger partial charge in [-0.3, -0.25) is 0 Å². The Kier molecular flexibility index (Phi) is 9.58. The molecule has 0 fully saturated rings. The number of hydrogen-bond donors (Lipinski definition) is 0. The molecule has 0 amide bonds. The second kappa shape index (κ2) is 16.3. The van der Waals surface area contributed by atoms with Crippen LogP contribution in [0.4, 0.5) is 17.1 Å². The topological polar surface area (TPSA) is 3.24 Å². The summed E-state index contributed by atoms with van der Waals surface area (Å²) < 4.78 is 0. The van der Waals surface area contributed by atoms with E-state index in [1.807, 2.05) is 0 Å². The minimum absolute atomic E-state index is 1.09. The lowest BCUT2D eigenvalue weighted by Gasteiger charge is -2.28. The Morgan fingerprint density at radius 2 is 0.615 bits per heavy atom. The zero-order valence-corrected chi connectivity index (χ0v) is 35.8. The molecule has 0 radical (unpaired) electrons. The quantitative estimate of drug-likeness (QED) is 0.138. The van der Waals surface area contributed by atoms with Gasteiger partial charge < -0.3 is 4.90 Å². The summed E-state index contributed by atoms with van der Waals surface area (Å²) in [4.78, 5) is 2.42. The predicted molar refractivity (Wildman–Crippen MR) is 278 cm³/mol. The van der Waals surface area contributed by atoms with Crippen LogP contribution in [-0.4, -0.2) is 0 Å². The molecule has 12 rings (SSSR count). The molecular weight excluding hydrogens is 783 g/mol. The smallest absolute Gasteiger partial charge is 0.0540 e. The lowest BCUT2D eigenvalue weighted by atomic mass is 9.84. The molecule has 65 heavy (non-hydrogen) atoms. The molecule has 0 heterocycles. The van der Waals surface area contributed by atoms with Crippen molar-refractivity contribution in [3.8, 4) is 55.6 Å². The molecule has 1 nitrogen and oxygen atoms in total. The van der Waals surface area contributed by atoms with Gasteiger partial charge in [0.1, 0.15) is 0 Å². The molecule has 0 spiro atoms. The molecule has 12 aromatic rings. The van der Waals surface area contributed by atoms with E-state index >= 15 is 0 Å². The van der Waals surface area contributed by atoms with E-state index in [1.165, 1.54) is 87.6 Å². The highest BCUT2D eigenvalue weighted by Gasteiger charge is 2.21. The number of fused-ring (bicyclic) bond motifs is 5. The van der Waals surface area contributed by atoms with Crippen molar-refractivity contribution in [2.24, 2.45) is 0 Å². The molecule has 0 aliphatic heterocycles. The van der Waals surface area contributed by atoms with Crippen molar-refractivity contribution in [3.63, 3.8) is 0 Å². The highest BCUT2D eigenvalue weighted by atomic mass is 15.1. The number of anilines is 3. The molecule has 304 valence electrons. The van der Waals surface area contributed by atoms with Gasteiger partial charge in [0.25, 0.3) is 0 Å². The van der Waals surface area contributed by atoms with Gasteiger partial charge in [-0.25, -0.2) is 0 Å². The van der Waals surface area contributed by atoms with Crippen LogP contribution in [0.3, 0.4) is 0 Å².